The van der Waals surface area contributed by atoms with Gasteiger partial charge in [0.05, 0.1) is 10.2 Å². The van der Waals surface area contributed by atoms with E-state index in [0.717, 1.165) is 36.4 Å². The van der Waals surface area contributed by atoms with Crippen LogP contribution in [-0.2, 0) is 0 Å². The average Bonchev–Trinajstić information content (AvgIpc) is 3.15. The quantitative estimate of drug-likeness (QED) is 0.689. The second kappa shape index (κ2) is 8.53. The van der Waals surface area contributed by atoms with Gasteiger partial charge in [0.15, 0.2) is 5.13 Å². The van der Waals surface area contributed by atoms with Crippen molar-refractivity contribution >= 4 is 38.5 Å². The van der Waals surface area contributed by atoms with Crippen LogP contribution in [0.25, 0.3) is 10.2 Å². The van der Waals surface area contributed by atoms with Crippen molar-refractivity contribution in [1.29, 1.82) is 0 Å². The molecule has 0 spiro atoms. The monoisotopic (exact) mass is 422 g/mol. The molecule has 1 N–H and O–H groups in total. The van der Waals surface area contributed by atoms with E-state index in [2.05, 4.69) is 36.1 Å². The number of thiazole rings is 1. The van der Waals surface area contributed by atoms with Crippen molar-refractivity contribution in [2.45, 2.75) is 19.8 Å². The number of piperazine rings is 1. The van der Waals surface area contributed by atoms with Crippen molar-refractivity contribution in [3.63, 3.8) is 0 Å². The fourth-order valence-electron chi connectivity index (χ4n) is 3.49. The lowest BCUT2D eigenvalue weighted by atomic mass is 10.0. The summed E-state index contributed by atoms with van der Waals surface area (Å²) in [4.78, 5) is 34.0. The lowest BCUT2D eigenvalue weighted by Crippen LogP contribution is -2.47. The van der Waals surface area contributed by atoms with E-state index in [4.69, 9.17) is 0 Å². The molecule has 1 aliphatic rings. The van der Waals surface area contributed by atoms with E-state index in [-0.39, 0.29) is 11.8 Å². The highest BCUT2D eigenvalue weighted by molar-refractivity contribution is 7.22. The number of carbonyl (C=O) groups is 2. The van der Waals surface area contributed by atoms with Gasteiger partial charge in [0.1, 0.15) is 0 Å². The van der Waals surface area contributed by atoms with Crippen LogP contribution >= 0.6 is 11.3 Å². The van der Waals surface area contributed by atoms with Gasteiger partial charge in [-0.1, -0.05) is 37.3 Å². The Hall–Kier alpha value is -2.77. The number of carbonyl (C=O) groups excluding carboxylic acids is 2. The molecule has 3 aromatic rings. The smallest absolute Gasteiger partial charge is 0.257 e. The molecule has 0 saturated carbocycles. The Bertz CT molecular complexity index is 1070. The Labute approximate surface area is 180 Å². The summed E-state index contributed by atoms with van der Waals surface area (Å²) >= 11 is 1.38. The normalized spacial score (nSPS) is 15.0. The molecular formula is C23H26N4O2S. The van der Waals surface area contributed by atoms with E-state index in [1.54, 1.807) is 0 Å². The number of nitrogens with zero attached hydrogens (tertiary/aromatic N) is 3. The maximum atomic E-state index is 12.8. The molecule has 0 unspecified atom stereocenters. The number of benzene rings is 2. The van der Waals surface area contributed by atoms with Gasteiger partial charge in [0, 0.05) is 37.3 Å². The minimum atomic E-state index is -0.182. The van der Waals surface area contributed by atoms with E-state index in [1.807, 2.05) is 47.4 Å². The van der Waals surface area contributed by atoms with Crippen LogP contribution in [0.3, 0.4) is 0 Å². The van der Waals surface area contributed by atoms with Gasteiger partial charge in [-0.25, -0.2) is 4.98 Å². The third kappa shape index (κ3) is 4.37. The largest absolute Gasteiger partial charge is 0.336 e. The summed E-state index contributed by atoms with van der Waals surface area (Å²) < 4.78 is 0.889. The first-order chi connectivity index (χ1) is 14.4. The maximum absolute atomic E-state index is 12.8. The van der Waals surface area contributed by atoms with Gasteiger partial charge in [0.25, 0.3) is 11.8 Å². The summed E-state index contributed by atoms with van der Waals surface area (Å²) in [5, 5.41) is 3.42. The van der Waals surface area contributed by atoms with Gasteiger partial charge in [0.2, 0.25) is 0 Å². The molecule has 2 heterocycles. The number of hydrogen-bond acceptors (Lipinski definition) is 5. The van der Waals surface area contributed by atoms with E-state index >= 15 is 0 Å². The molecule has 7 heteroatoms. The van der Waals surface area contributed by atoms with Gasteiger partial charge in [-0.2, -0.15) is 0 Å². The molecule has 0 bridgehead atoms. The second-order valence-electron chi connectivity index (χ2n) is 8.03. The zero-order valence-corrected chi connectivity index (χ0v) is 18.3. The predicted octanol–water partition coefficient (Wildman–Crippen LogP) is 4.06. The zero-order valence-electron chi connectivity index (χ0n) is 17.5. The molecule has 1 fully saturated rings. The van der Waals surface area contributed by atoms with Gasteiger partial charge in [-0.3, -0.25) is 14.9 Å². The molecule has 0 atom stereocenters. The molecule has 1 saturated heterocycles. The van der Waals surface area contributed by atoms with Crippen LogP contribution in [0, 0.1) is 0 Å². The number of fused-ring (bicyclic) bond motifs is 1. The summed E-state index contributed by atoms with van der Waals surface area (Å²) in [7, 11) is 2.07. The Balaban J connectivity index is 1.48. The molecule has 4 rings (SSSR count). The average molecular weight is 423 g/mol. The lowest BCUT2D eigenvalue weighted by molar-refractivity contribution is 0.0664. The number of nitrogens with one attached hydrogen (secondary N) is 1. The van der Waals surface area contributed by atoms with E-state index in [1.165, 1.54) is 16.9 Å². The summed E-state index contributed by atoms with van der Waals surface area (Å²) in [6, 6.07) is 13.2. The lowest BCUT2D eigenvalue weighted by Gasteiger charge is -2.32. The van der Waals surface area contributed by atoms with Crippen molar-refractivity contribution in [1.82, 2.24) is 14.8 Å². The summed E-state index contributed by atoms with van der Waals surface area (Å²) in [5.41, 5.74) is 3.24. The van der Waals surface area contributed by atoms with Crippen LogP contribution in [0.2, 0.25) is 0 Å². The van der Waals surface area contributed by atoms with E-state index < -0.39 is 0 Å². The highest BCUT2D eigenvalue weighted by Crippen LogP contribution is 2.28. The van der Waals surface area contributed by atoms with Gasteiger partial charge >= 0.3 is 0 Å². The fraction of sp³-hybridized carbons (Fsp3) is 0.348. The molecule has 0 radical (unpaired) electrons. The van der Waals surface area contributed by atoms with Crippen LogP contribution in [0.4, 0.5) is 5.13 Å². The predicted molar refractivity (Wildman–Crippen MR) is 122 cm³/mol. The molecule has 156 valence electrons. The first kappa shape index (κ1) is 20.5. The standard InChI is InChI=1S/C23H26N4O2S/c1-15(2)16-4-6-17(7-5-16)21(28)25-23-24-19-9-8-18(14-20(19)30-23)22(29)27-12-10-26(3)11-13-27/h4-9,14-15H,10-13H2,1-3H3,(H,24,25,28). The Kier molecular flexibility index (Phi) is 5.83. The molecule has 2 aromatic carbocycles. The van der Waals surface area contributed by atoms with Gasteiger partial charge in [-0.05, 0) is 48.9 Å². The topological polar surface area (TPSA) is 65.5 Å². The molecule has 0 aliphatic carbocycles. The van der Waals surface area contributed by atoms with Crippen molar-refractivity contribution in [2.24, 2.45) is 0 Å². The number of anilines is 1. The third-order valence-corrected chi connectivity index (χ3v) is 6.42. The Morgan fingerprint density at radius 2 is 1.67 bits per heavy atom. The van der Waals surface area contributed by atoms with Gasteiger partial charge < -0.3 is 9.80 Å². The molecular weight excluding hydrogens is 396 g/mol. The maximum Gasteiger partial charge on any atom is 0.257 e. The van der Waals surface area contributed by atoms with Crippen LogP contribution in [0.5, 0.6) is 0 Å². The minimum absolute atomic E-state index is 0.0502. The minimum Gasteiger partial charge on any atom is -0.336 e. The van der Waals surface area contributed by atoms with Crippen LogP contribution in [0.15, 0.2) is 42.5 Å². The van der Waals surface area contributed by atoms with E-state index in [9.17, 15) is 9.59 Å². The highest BCUT2D eigenvalue weighted by atomic mass is 32.1. The highest BCUT2D eigenvalue weighted by Gasteiger charge is 2.21. The first-order valence-corrected chi connectivity index (χ1v) is 11.0. The van der Waals surface area contributed by atoms with Gasteiger partial charge in [-0.15, -0.1) is 0 Å². The molecule has 1 aromatic heterocycles. The fourth-order valence-corrected chi connectivity index (χ4v) is 4.39. The summed E-state index contributed by atoms with van der Waals surface area (Å²) in [6.07, 6.45) is 0. The number of rotatable bonds is 4. The zero-order chi connectivity index (χ0) is 21.3. The van der Waals surface area contributed by atoms with Crippen molar-refractivity contribution in [2.75, 3.05) is 38.5 Å². The molecule has 2 amide bonds. The SMILES string of the molecule is CC(C)c1ccc(C(=O)Nc2nc3ccc(C(=O)N4CCN(C)CC4)cc3s2)cc1. The van der Waals surface area contributed by atoms with Crippen LogP contribution < -0.4 is 5.32 Å². The number of amides is 2. The Morgan fingerprint density at radius 1 is 1.00 bits per heavy atom. The Morgan fingerprint density at radius 3 is 2.33 bits per heavy atom. The second-order valence-corrected chi connectivity index (χ2v) is 9.06. The molecule has 30 heavy (non-hydrogen) atoms. The first-order valence-electron chi connectivity index (χ1n) is 10.2. The third-order valence-electron chi connectivity index (χ3n) is 5.49. The summed E-state index contributed by atoms with van der Waals surface area (Å²) in [5.74, 6) is 0.293. The summed E-state index contributed by atoms with van der Waals surface area (Å²) in [6.45, 7) is 7.52. The van der Waals surface area contributed by atoms with E-state index in [0.29, 0.717) is 22.2 Å². The molecule has 1 aliphatic heterocycles. The van der Waals surface area contributed by atoms with Crippen LogP contribution in [0.1, 0.15) is 46.0 Å². The van der Waals surface area contributed by atoms with Crippen LogP contribution in [-0.4, -0.2) is 59.8 Å². The van der Waals surface area contributed by atoms with Crippen molar-refractivity contribution in [3.8, 4) is 0 Å². The van der Waals surface area contributed by atoms with Crippen molar-refractivity contribution in [3.05, 3.63) is 59.2 Å². The van der Waals surface area contributed by atoms with Crippen molar-refractivity contribution < 1.29 is 9.59 Å². The number of hydrogen-bond donors (Lipinski definition) is 1. The number of likely N-dealkylation sites (N-methyl/N-ethyl adjacent to an activating group) is 1. The molecule has 6 nitrogen and oxygen atoms in total. The number of aromatic nitrogens is 1.